The molecule has 0 spiro atoms. The molecule has 0 bridgehead atoms. The Morgan fingerprint density at radius 1 is 0.720 bits per heavy atom. The second kappa shape index (κ2) is 14.5. The fourth-order valence-electron chi connectivity index (χ4n) is 7.00. The molecule has 8 rings (SSSR count). The highest BCUT2D eigenvalue weighted by Gasteiger charge is 2.24. The van der Waals surface area contributed by atoms with E-state index in [1.54, 1.807) is 4.57 Å². The molecule has 0 atom stereocenters. The summed E-state index contributed by atoms with van der Waals surface area (Å²) < 4.78 is 9.02. The van der Waals surface area contributed by atoms with E-state index in [-0.39, 0.29) is 17.7 Å². The molecule has 6 heterocycles. The van der Waals surface area contributed by atoms with Gasteiger partial charge in [0.25, 0.3) is 11.1 Å². The summed E-state index contributed by atoms with van der Waals surface area (Å²) in [5.41, 5.74) is 1.51. The predicted octanol–water partition coefficient (Wildman–Crippen LogP) is 4.79. The zero-order valence-electron chi connectivity index (χ0n) is 28.2. The first-order valence-electron chi connectivity index (χ1n) is 17.1. The van der Waals surface area contributed by atoms with Crippen LogP contribution < -0.4 is 20.9 Å². The normalized spacial score (nSPS) is 14.8. The molecule has 0 unspecified atom stereocenters. The van der Waals surface area contributed by atoms with Crippen molar-refractivity contribution in [1.29, 1.82) is 0 Å². The summed E-state index contributed by atoms with van der Waals surface area (Å²) in [6.45, 7) is 11.7. The van der Waals surface area contributed by atoms with Crippen LogP contribution in [0.5, 0.6) is 0 Å². The van der Waals surface area contributed by atoms with Crippen molar-refractivity contribution in [3.05, 3.63) is 66.1 Å². The first-order chi connectivity index (χ1) is 24.3. The summed E-state index contributed by atoms with van der Waals surface area (Å²) >= 11 is 6.94. The van der Waals surface area contributed by atoms with Crippen molar-refractivity contribution in [2.45, 2.75) is 52.6 Å². The number of likely N-dealkylation sites (N-methyl/N-ethyl adjacent to an activating group) is 1. The van der Waals surface area contributed by atoms with Gasteiger partial charge in [0.1, 0.15) is 0 Å². The van der Waals surface area contributed by atoms with Crippen LogP contribution in [0.25, 0.3) is 33.4 Å². The van der Waals surface area contributed by atoms with Crippen LogP contribution in [-0.4, -0.2) is 89.0 Å². The number of fused-ring (bicyclic) bond motifs is 6. The fourth-order valence-corrected chi connectivity index (χ4v) is 7.72. The van der Waals surface area contributed by atoms with E-state index in [2.05, 4.69) is 91.1 Å². The number of hydrogen-bond donors (Lipinski definition) is 0. The summed E-state index contributed by atoms with van der Waals surface area (Å²) in [6, 6.07) is 11.5. The van der Waals surface area contributed by atoms with Gasteiger partial charge in [0.15, 0.2) is 0 Å². The molecule has 50 heavy (non-hydrogen) atoms. The first-order valence-corrected chi connectivity index (χ1v) is 18.7. The van der Waals surface area contributed by atoms with Crippen molar-refractivity contribution in [2.75, 3.05) is 55.6 Å². The number of benzene rings is 2. The maximum atomic E-state index is 13.2. The molecule has 15 heteroatoms. The number of nitrogens with zero attached hydrogens (tertiary/aromatic N) is 11. The fraction of sp³-hybridized carbons (Fsp3) is 0.429. The highest BCUT2D eigenvalue weighted by Crippen LogP contribution is 2.26. The summed E-state index contributed by atoms with van der Waals surface area (Å²) in [5.74, 6) is 5.26. The lowest BCUT2D eigenvalue weighted by atomic mass is 10.2. The molecule has 2 aromatic carbocycles. The Hall–Kier alpha value is -4.26. The van der Waals surface area contributed by atoms with Crippen LogP contribution in [0.2, 0.25) is 0 Å². The van der Waals surface area contributed by atoms with Gasteiger partial charge in [-0.25, -0.2) is 8.80 Å². The second-order valence-corrected chi connectivity index (χ2v) is 14.4. The molecular weight excluding hydrogens is 766 g/mol. The molecule has 6 aromatic rings. The van der Waals surface area contributed by atoms with Crippen molar-refractivity contribution in [3.8, 4) is 12.3 Å². The molecule has 0 radical (unpaired) electrons. The van der Waals surface area contributed by atoms with E-state index in [1.165, 1.54) is 17.4 Å². The van der Waals surface area contributed by atoms with E-state index >= 15 is 0 Å². The zero-order chi connectivity index (χ0) is 34.9. The van der Waals surface area contributed by atoms with Gasteiger partial charge in [-0.1, -0.05) is 51.6 Å². The number of terminal acetylenes is 1. The number of anilines is 2. The minimum atomic E-state index is -0.146. The van der Waals surface area contributed by atoms with Gasteiger partial charge in [-0.05, 0) is 75.2 Å². The number of halogens is 2. The van der Waals surface area contributed by atoms with Crippen LogP contribution in [0.15, 0.2) is 54.9 Å². The minimum absolute atomic E-state index is 0.00803. The Morgan fingerprint density at radius 2 is 1.18 bits per heavy atom. The van der Waals surface area contributed by atoms with Crippen molar-refractivity contribution < 1.29 is 0 Å². The van der Waals surface area contributed by atoms with Crippen LogP contribution >= 0.6 is 31.9 Å². The summed E-state index contributed by atoms with van der Waals surface area (Å²) in [5, 5.41) is 18.8. The first kappa shape index (κ1) is 34.2. The Morgan fingerprint density at radius 3 is 1.64 bits per heavy atom. The SMILES string of the molecule is C#CCn1c(=O)c2cc(Br)ccc2n2c(N3CCCC3)nnc12.CCN(CC)CCn1c(=O)c2cc(Br)ccc2n2c(N3CCCC3)nnc12. The van der Waals surface area contributed by atoms with E-state index in [0.717, 1.165) is 90.5 Å². The Kier molecular flexibility index (Phi) is 9.94. The highest BCUT2D eigenvalue weighted by atomic mass is 79.9. The van der Waals surface area contributed by atoms with Crippen molar-refractivity contribution in [1.82, 2.24) is 43.2 Å². The van der Waals surface area contributed by atoms with E-state index in [4.69, 9.17) is 6.42 Å². The molecule has 2 aliphatic rings. The number of aromatic nitrogens is 8. The molecule has 0 aliphatic carbocycles. The van der Waals surface area contributed by atoms with Gasteiger partial charge < -0.3 is 14.7 Å². The third-order valence-corrected chi connectivity index (χ3v) is 10.6. The summed E-state index contributed by atoms with van der Waals surface area (Å²) in [7, 11) is 0. The van der Waals surface area contributed by atoms with Gasteiger partial charge >= 0.3 is 0 Å². The molecule has 13 nitrogen and oxygen atoms in total. The van der Waals surface area contributed by atoms with Gasteiger partial charge in [-0.2, -0.15) is 0 Å². The van der Waals surface area contributed by atoms with Crippen LogP contribution in [0.4, 0.5) is 11.9 Å². The minimum Gasteiger partial charge on any atom is -0.341 e. The standard InChI is InChI=1S/C19H25BrN6O.C16H14BrN5O/c1-3-23(4-2)11-12-25-17(27)15-13-14(20)7-8-16(15)26-18(21-22-19(25)26)24-9-5-6-10-24;1-2-7-21-14(23)12-10-11(17)5-6-13(12)22-15(18-19-16(21)22)20-8-3-4-9-20/h7-8,13H,3-6,9-12H2,1-2H3;1,5-6,10H,3-4,7-9H2. The Balaban J connectivity index is 0.000000159. The average Bonchev–Trinajstić information content (AvgIpc) is 3.95. The van der Waals surface area contributed by atoms with E-state index < -0.39 is 0 Å². The van der Waals surface area contributed by atoms with Crippen LogP contribution in [0, 0.1) is 12.3 Å². The molecule has 0 saturated carbocycles. The van der Waals surface area contributed by atoms with Crippen LogP contribution in [0.1, 0.15) is 39.5 Å². The number of hydrogen-bond acceptors (Lipinski definition) is 9. The van der Waals surface area contributed by atoms with Crippen LogP contribution in [0.3, 0.4) is 0 Å². The lowest BCUT2D eigenvalue weighted by Gasteiger charge is -2.20. The molecular formula is C35H39Br2N11O2. The highest BCUT2D eigenvalue weighted by molar-refractivity contribution is 9.10. The Bertz CT molecular complexity index is 2360. The largest absolute Gasteiger partial charge is 0.341 e. The molecule has 4 aromatic heterocycles. The smallest absolute Gasteiger partial charge is 0.263 e. The van der Waals surface area contributed by atoms with Gasteiger partial charge in [0.2, 0.25) is 23.5 Å². The number of rotatable bonds is 8. The Labute approximate surface area is 305 Å². The maximum Gasteiger partial charge on any atom is 0.263 e. The lowest BCUT2D eigenvalue weighted by Crippen LogP contribution is -2.32. The van der Waals surface area contributed by atoms with Crippen molar-refractivity contribution >= 4 is 77.1 Å². The maximum absolute atomic E-state index is 13.2. The second-order valence-electron chi connectivity index (χ2n) is 12.6. The van der Waals surface area contributed by atoms with Gasteiger partial charge in [-0.3, -0.25) is 18.7 Å². The quantitative estimate of drug-likeness (QED) is 0.201. The lowest BCUT2D eigenvalue weighted by molar-refractivity contribution is 0.290. The van der Waals surface area contributed by atoms with Gasteiger partial charge in [0, 0.05) is 48.2 Å². The van der Waals surface area contributed by atoms with E-state index in [1.807, 2.05) is 40.8 Å². The van der Waals surface area contributed by atoms with E-state index in [0.29, 0.717) is 28.9 Å². The summed E-state index contributed by atoms with van der Waals surface area (Å²) in [4.78, 5) is 32.8. The zero-order valence-corrected chi connectivity index (χ0v) is 31.4. The summed E-state index contributed by atoms with van der Waals surface area (Å²) in [6.07, 6.45) is 10.1. The average molecular weight is 806 g/mol. The molecule has 260 valence electrons. The monoisotopic (exact) mass is 803 g/mol. The third-order valence-electron chi connectivity index (χ3n) is 9.65. The van der Waals surface area contributed by atoms with E-state index in [9.17, 15) is 9.59 Å². The predicted molar refractivity (Wildman–Crippen MR) is 204 cm³/mol. The van der Waals surface area contributed by atoms with Gasteiger partial charge in [0.05, 0.1) is 28.4 Å². The third kappa shape index (κ3) is 6.18. The van der Waals surface area contributed by atoms with Crippen LogP contribution in [-0.2, 0) is 13.1 Å². The molecule has 2 saturated heterocycles. The topological polar surface area (TPSA) is 114 Å². The molecule has 2 fully saturated rings. The molecule has 0 N–H and O–H groups in total. The molecule has 2 aliphatic heterocycles. The van der Waals surface area contributed by atoms with Crippen molar-refractivity contribution in [2.24, 2.45) is 0 Å². The molecule has 0 amide bonds. The van der Waals surface area contributed by atoms with Gasteiger partial charge in [-0.15, -0.1) is 26.8 Å². The van der Waals surface area contributed by atoms with Crippen molar-refractivity contribution in [3.63, 3.8) is 0 Å².